The van der Waals surface area contributed by atoms with E-state index in [1.54, 1.807) is 41.2 Å². The Morgan fingerprint density at radius 1 is 1.04 bits per heavy atom. The molecule has 1 heterocycles. The second-order valence-corrected chi connectivity index (χ2v) is 5.52. The highest BCUT2D eigenvalue weighted by atomic mass is 35.5. The zero-order valence-electron chi connectivity index (χ0n) is 11.6. The Morgan fingerprint density at radius 2 is 1.70 bits per heavy atom. The number of hydrogen-bond acceptors (Lipinski definition) is 3. The van der Waals surface area contributed by atoms with Gasteiger partial charge in [-0.2, -0.15) is 0 Å². The minimum absolute atomic E-state index is 0.102. The van der Waals surface area contributed by atoms with Crippen molar-refractivity contribution in [2.24, 2.45) is 0 Å². The first kappa shape index (κ1) is 15.4. The van der Waals surface area contributed by atoms with Gasteiger partial charge in [-0.3, -0.25) is 10.1 Å². The summed E-state index contributed by atoms with van der Waals surface area (Å²) in [6, 6.07) is 13.0. The van der Waals surface area contributed by atoms with Gasteiger partial charge < -0.3 is 9.30 Å². The van der Waals surface area contributed by atoms with E-state index in [-0.39, 0.29) is 16.5 Å². The number of benzene rings is 2. The van der Waals surface area contributed by atoms with Crippen molar-refractivity contribution in [1.82, 2.24) is 4.57 Å². The zero-order chi connectivity index (χ0) is 16.4. The third-order valence-corrected chi connectivity index (χ3v) is 3.70. The van der Waals surface area contributed by atoms with Crippen LogP contribution < -0.4 is 4.74 Å². The number of ether oxygens (including phenoxy) is 1. The number of rotatable bonds is 4. The van der Waals surface area contributed by atoms with Crippen LogP contribution in [-0.4, -0.2) is 9.49 Å². The fourth-order valence-corrected chi connectivity index (χ4v) is 2.46. The van der Waals surface area contributed by atoms with Crippen LogP contribution >= 0.6 is 23.2 Å². The second kappa shape index (κ2) is 6.32. The molecule has 0 fully saturated rings. The van der Waals surface area contributed by atoms with Crippen molar-refractivity contribution in [2.45, 2.75) is 0 Å². The highest BCUT2D eigenvalue weighted by Crippen LogP contribution is 2.37. The summed E-state index contributed by atoms with van der Waals surface area (Å²) in [5.41, 5.74) is 0.382. The molecule has 7 heteroatoms. The molecule has 0 aliphatic carbocycles. The molecule has 3 aromatic rings. The summed E-state index contributed by atoms with van der Waals surface area (Å²) in [6.45, 7) is 0. The maximum Gasteiger partial charge on any atom is 0.313 e. The number of halogens is 2. The van der Waals surface area contributed by atoms with Crippen molar-refractivity contribution in [3.05, 3.63) is 81.1 Å². The molecule has 0 unspecified atom stereocenters. The summed E-state index contributed by atoms with van der Waals surface area (Å²) >= 11 is 12.0. The molecule has 0 aliphatic rings. The molecule has 116 valence electrons. The van der Waals surface area contributed by atoms with Crippen molar-refractivity contribution < 1.29 is 9.66 Å². The van der Waals surface area contributed by atoms with E-state index in [4.69, 9.17) is 27.9 Å². The van der Waals surface area contributed by atoms with Crippen LogP contribution in [0.3, 0.4) is 0 Å². The van der Waals surface area contributed by atoms with Crippen LogP contribution in [0, 0.1) is 10.1 Å². The van der Waals surface area contributed by atoms with Crippen LogP contribution in [-0.2, 0) is 0 Å². The Morgan fingerprint density at radius 3 is 2.30 bits per heavy atom. The number of nitro groups is 1. The normalized spacial score (nSPS) is 10.5. The van der Waals surface area contributed by atoms with Crippen LogP contribution in [0.4, 0.5) is 5.69 Å². The van der Waals surface area contributed by atoms with Crippen LogP contribution in [0.1, 0.15) is 0 Å². The summed E-state index contributed by atoms with van der Waals surface area (Å²) in [4.78, 5) is 10.7. The molecule has 0 radical (unpaired) electrons. The SMILES string of the molecule is O=[N+]([O-])c1cc(Cl)c(-n2cccc2)cc1Oc1ccc(Cl)cc1. The molecule has 5 nitrogen and oxygen atoms in total. The highest BCUT2D eigenvalue weighted by Gasteiger charge is 2.20. The topological polar surface area (TPSA) is 57.3 Å². The van der Waals surface area contributed by atoms with Gasteiger partial charge in [0.15, 0.2) is 0 Å². The average Bonchev–Trinajstić information content (AvgIpc) is 3.05. The van der Waals surface area contributed by atoms with Crippen molar-refractivity contribution in [3.63, 3.8) is 0 Å². The van der Waals surface area contributed by atoms with E-state index in [0.29, 0.717) is 16.5 Å². The van der Waals surface area contributed by atoms with Crippen LogP contribution in [0.5, 0.6) is 11.5 Å². The Hall–Kier alpha value is -2.50. The molecule has 0 saturated carbocycles. The van der Waals surface area contributed by atoms with E-state index in [2.05, 4.69) is 0 Å². The first-order chi connectivity index (χ1) is 11.0. The van der Waals surface area contributed by atoms with Crippen LogP contribution in [0.2, 0.25) is 10.0 Å². The summed E-state index contributed by atoms with van der Waals surface area (Å²) in [7, 11) is 0. The maximum absolute atomic E-state index is 11.3. The zero-order valence-corrected chi connectivity index (χ0v) is 13.2. The van der Waals surface area contributed by atoms with E-state index in [9.17, 15) is 10.1 Å². The van der Waals surface area contributed by atoms with E-state index in [0.717, 1.165) is 0 Å². The van der Waals surface area contributed by atoms with Gasteiger partial charge in [-0.25, -0.2) is 0 Å². The van der Waals surface area contributed by atoms with Gasteiger partial charge in [-0.15, -0.1) is 0 Å². The lowest BCUT2D eigenvalue weighted by atomic mass is 10.2. The molecule has 0 N–H and O–H groups in total. The standard InChI is InChI=1S/C16H10Cl2N2O3/c17-11-3-5-12(6-4-11)23-16-10-14(19-7-1-2-8-19)13(18)9-15(16)20(21)22/h1-10H. The monoisotopic (exact) mass is 348 g/mol. The summed E-state index contributed by atoms with van der Waals surface area (Å²) in [6.07, 6.45) is 3.58. The van der Waals surface area contributed by atoms with Crippen molar-refractivity contribution in [3.8, 4) is 17.2 Å². The predicted octanol–water partition coefficient (Wildman–Crippen LogP) is 5.48. The average molecular weight is 349 g/mol. The molecule has 1 aromatic heterocycles. The van der Waals surface area contributed by atoms with E-state index < -0.39 is 4.92 Å². The highest BCUT2D eigenvalue weighted by molar-refractivity contribution is 6.32. The lowest BCUT2D eigenvalue weighted by molar-refractivity contribution is -0.385. The van der Waals surface area contributed by atoms with Gasteiger partial charge in [0.2, 0.25) is 5.75 Å². The molecule has 0 spiro atoms. The molecule has 0 aliphatic heterocycles. The molecule has 2 aromatic carbocycles. The Labute approximate surface area is 141 Å². The van der Waals surface area contributed by atoms with Crippen LogP contribution in [0.25, 0.3) is 5.69 Å². The summed E-state index contributed by atoms with van der Waals surface area (Å²) < 4.78 is 7.40. The molecule has 0 amide bonds. The molecule has 3 rings (SSSR count). The van der Waals surface area contributed by atoms with Gasteiger partial charge in [-0.1, -0.05) is 23.2 Å². The van der Waals surface area contributed by atoms with E-state index >= 15 is 0 Å². The third-order valence-electron chi connectivity index (χ3n) is 3.15. The van der Waals surface area contributed by atoms with Crippen molar-refractivity contribution in [2.75, 3.05) is 0 Å². The fourth-order valence-electron chi connectivity index (χ4n) is 2.08. The van der Waals surface area contributed by atoms with Gasteiger partial charge in [0.1, 0.15) is 5.75 Å². The van der Waals surface area contributed by atoms with Gasteiger partial charge in [0.05, 0.1) is 15.6 Å². The van der Waals surface area contributed by atoms with Crippen molar-refractivity contribution >= 4 is 28.9 Å². The third kappa shape index (κ3) is 3.31. The molecule has 0 bridgehead atoms. The van der Waals surface area contributed by atoms with Crippen molar-refractivity contribution in [1.29, 1.82) is 0 Å². The van der Waals surface area contributed by atoms with E-state index in [1.807, 2.05) is 12.1 Å². The first-order valence-corrected chi connectivity index (χ1v) is 7.35. The van der Waals surface area contributed by atoms with E-state index in [1.165, 1.54) is 12.1 Å². The van der Waals surface area contributed by atoms with Gasteiger partial charge in [0.25, 0.3) is 0 Å². The lowest BCUT2D eigenvalue weighted by Crippen LogP contribution is -1.98. The molecule has 0 atom stereocenters. The maximum atomic E-state index is 11.3. The fraction of sp³-hybridized carbons (Fsp3) is 0. The van der Waals surface area contributed by atoms with Crippen LogP contribution in [0.15, 0.2) is 60.9 Å². The van der Waals surface area contributed by atoms with Gasteiger partial charge >= 0.3 is 5.69 Å². The minimum atomic E-state index is -0.531. The number of aromatic nitrogens is 1. The largest absolute Gasteiger partial charge is 0.450 e. The molecule has 23 heavy (non-hydrogen) atoms. The van der Waals surface area contributed by atoms with Gasteiger partial charge in [0, 0.05) is 29.5 Å². The Kier molecular flexibility index (Phi) is 4.23. The Balaban J connectivity index is 2.07. The predicted molar refractivity (Wildman–Crippen MR) is 89.0 cm³/mol. The van der Waals surface area contributed by atoms with Gasteiger partial charge in [-0.05, 0) is 36.4 Å². The first-order valence-electron chi connectivity index (χ1n) is 6.59. The lowest BCUT2D eigenvalue weighted by Gasteiger charge is -2.11. The smallest absolute Gasteiger partial charge is 0.313 e. The number of hydrogen-bond donors (Lipinski definition) is 0. The molecular weight excluding hydrogens is 339 g/mol. The summed E-state index contributed by atoms with van der Waals surface area (Å²) in [5, 5.41) is 12.1. The number of nitro benzene ring substituents is 1. The molecule has 0 saturated heterocycles. The summed E-state index contributed by atoms with van der Waals surface area (Å²) in [5.74, 6) is 0.545. The second-order valence-electron chi connectivity index (χ2n) is 4.67. The number of nitrogens with zero attached hydrogens (tertiary/aromatic N) is 2. The molecular formula is C16H10Cl2N2O3. The Bertz CT molecular complexity index is 847. The minimum Gasteiger partial charge on any atom is -0.450 e. The quantitative estimate of drug-likeness (QED) is 0.463.